The minimum absolute atomic E-state index is 0.0205. The van der Waals surface area contributed by atoms with Crippen LogP contribution in [0.1, 0.15) is 11.1 Å². The van der Waals surface area contributed by atoms with Gasteiger partial charge in [-0.1, -0.05) is 6.07 Å². The Labute approximate surface area is 184 Å². The van der Waals surface area contributed by atoms with Crippen LogP contribution >= 0.6 is 0 Å². The van der Waals surface area contributed by atoms with E-state index in [4.69, 9.17) is 9.88 Å². The molecule has 166 valence electrons. The zero-order valence-electron chi connectivity index (χ0n) is 17.6. The summed E-state index contributed by atoms with van der Waals surface area (Å²) >= 11 is 0. The van der Waals surface area contributed by atoms with Crippen LogP contribution in [0.25, 0.3) is 0 Å². The van der Waals surface area contributed by atoms with Crippen LogP contribution < -0.4 is 25.4 Å². The minimum Gasteiger partial charge on any atom is -0.480 e. The summed E-state index contributed by atoms with van der Waals surface area (Å²) in [5, 5.41) is 11.4. The maximum absolute atomic E-state index is 11.9. The monoisotopic (exact) mass is 455 g/mol. The summed E-state index contributed by atoms with van der Waals surface area (Å²) in [5.74, 6) is 1.93. The van der Waals surface area contributed by atoms with Gasteiger partial charge in [0.25, 0.3) is 5.91 Å². The largest absolute Gasteiger partial charge is 0.480 e. The summed E-state index contributed by atoms with van der Waals surface area (Å²) in [6.45, 7) is 3.47. The molecule has 1 aliphatic heterocycles. The molecule has 0 radical (unpaired) electrons. The summed E-state index contributed by atoms with van der Waals surface area (Å²) in [6.07, 6.45) is 1.61. The van der Waals surface area contributed by atoms with Crippen molar-refractivity contribution in [2.75, 3.05) is 29.2 Å². The maximum Gasteiger partial charge on any atom is 0.265 e. The highest BCUT2D eigenvalue weighted by Crippen LogP contribution is 2.31. The SMILES string of the molecule is Cc1ccc(Nc2ncc(C)c(Nc3ccc4c(n3)N(C)C(=O)CO4)n2)cc1S(N)(=O)=O. The summed E-state index contributed by atoms with van der Waals surface area (Å²) in [5.41, 5.74) is 1.76. The van der Waals surface area contributed by atoms with Gasteiger partial charge in [-0.3, -0.25) is 9.69 Å². The molecule has 3 aromatic rings. The van der Waals surface area contributed by atoms with Gasteiger partial charge in [-0.15, -0.1) is 0 Å². The zero-order chi connectivity index (χ0) is 23.0. The average Bonchev–Trinajstić information content (AvgIpc) is 2.74. The van der Waals surface area contributed by atoms with Crippen molar-refractivity contribution in [1.29, 1.82) is 0 Å². The molecule has 1 aliphatic rings. The van der Waals surface area contributed by atoms with E-state index >= 15 is 0 Å². The van der Waals surface area contributed by atoms with E-state index in [-0.39, 0.29) is 23.4 Å². The van der Waals surface area contributed by atoms with Crippen molar-refractivity contribution in [3.8, 4) is 5.75 Å². The number of pyridine rings is 1. The van der Waals surface area contributed by atoms with Crippen LogP contribution in [0, 0.1) is 13.8 Å². The third-order valence-corrected chi connectivity index (χ3v) is 5.90. The minimum atomic E-state index is -3.86. The number of carbonyl (C=O) groups excluding carboxylic acids is 1. The van der Waals surface area contributed by atoms with Gasteiger partial charge in [-0.25, -0.2) is 23.5 Å². The first kappa shape index (κ1) is 21.5. The molecular weight excluding hydrogens is 434 g/mol. The normalized spacial score (nSPS) is 13.4. The standard InChI is InChI=1S/C20H21N7O4S/c1-11-4-5-13(8-15(11)32(21,29)30)23-20-22-9-12(2)18(26-20)24-16-7-6-14-19(25-16)27(3)17(28)10-31-14/h4-9H,10H2,1-3H3,(H2,21,29,30)(H2,22,23,24,25,26). The molecule has 1 aromatic carbocycles. The molecule has 4 rings (SSSR count). The van der Waals surface area contributed by atoms with Gasteiger partial charge in [0.05, 0.1) is 4.90 Å². The molecule has 2 aromatic heterocycles. The van der Waals surface area contributed by atoms with Crippen LogP contribution in [0.4, 0.5) is 29.1 Å². The second-order valence-electron chi connectivity index (χ2n) is 7.26. The molecule has 0 spiro atoms. The molecule has 12 heteroatoms. The number of fused-ring (bicyclic) bond motifs is 1. The van der Waals surface area contributed by atoms with Gasteiger partial charge in [0.1, 0.15) is 11.6 Å². The fraction of sp³-hybridized carbons (Fsp3) is 0.200. The molecule has 0 saturated carbocycles. The number of primary sulfonamides is 1. The number of likely N-dealkylation sites (N-methyl/N-ethyl adjacent to an activating group) is 1. The fourth-order valence-corrected chi connectivity index (χ4v) is 3.88. The van der Waals surface area contributed by atoms with Crippen LogP contribution in [-0.4, -0.2) is 42.9 Å². The van der Waals surface area contributed by atoms with Crippen molar-refractivity contribution < 1.29 is 17.9 Å². The number of amides is 1. The first-order valence-electron chi connectivity index (χ1n) is 9.53. The Bertz CT molecular complexity index is 1330. The maximum atomic E-state index is 11.9. The Morgan fingerprint density at radius 3 is 2.62 bits per heavy atom. The molecular formula is C20H21N7O4S. The first-order chi connectivity index (χ1) is 15.1. The lowest BCUT2D eigenvalue weighted by atomic mass is 10.2. The van der Waals surface area contributed by atoms with E-state index in [1.807, 2.05) is 6.92 Å². The smallest absolute Gasteiger partial charge is 0.265 e. The second-order valence-corrected chi connectivity index (χ2v) is 8.79. The van der Waals surface area contributed by atoms with E-state index in [1.165, 1.54) is 11.0 Å². The summed E-state index contributed by atoms with van der Waals surface area (Å²) in [4.78, 5) is 26.5. The summed E-state index contributed by atoms with van der Waals surface area (Å²) in [6, 6.07) is 8.23. The van der Waals surface area contributed by atoms with Crippen molar-refractivity contribution in [3.05, 3.63) is 47.7 Å². The Kier molecular flexibility index (Phi) is 5.40. The van der Waals surface area contributed by atoms with Gasteiger partial charge >= 0.3 is 0 Å². The highest BCUT2D eigenvalue weighted by Gasteiger charge is 2.24. The molecule has 0 bridgehead atoms. The Morgan fingerprint density at radius 2 is 1.88 bits per heavy atom. The number of benzene rings is 1. The molecule has 0 atom stereocenters. The van der Waals surface area contributed by atoms with Gasteiger partial charge in [0.15, 0.2) is 18.2 Å². The molecule has 0 saturated heterocycles. The summed E-state index contributed by atoms with van der Waals surface area (Å²) < 4.78 is 28.9. The molecule has 32 heavy (non-hydrogen) atoms. The van der Waals surface area contributed by atoms with E-state index < -0.39 is 10.0 Å². The van der Waals surface area contributed by atoms with Crippen LogP contribution in [-0.2, 0) is 14.8 Å². The van der Waals surface area contributed by atoms with Gasteiger partial charge in [0.2, 0.25) is 16.0 Å². The molecule has 0 aliphatic carbocycles. The number of carbonyl (C=O) groups is 1. The van der Waals surface area contributed by atoms with Crippen LogP contribution in [0.15, 0.2) is 41.4 Å². The molecule has 0 unspecified atom stereocenters. The van der Waals surface area contributed by atoms with Gasteiger partial charge in [-0.2, -0.15) is 4.98 Å². The average molecular weight is 456 g/mol. The van der Waals surface area contributed by atoms with Crippen molar-refractivity contribution in [2.24, 2.45) is 5.14 Å². The summed E-state index contributed by atoms with van der Waals surface area (Å²) in [7, 11) is -2.22. The molecule has 0 fully saturated rings. The zero-order valence-corrected chi connectivity index (χ0v) is 18.4. The lowest BCUT2D eigenvalue weighted by Gasteiger charge is -2.25. The van der Waals surface area contributed by atoms with Crippen LogP contribution in [0.3, 0.4) is 0 Å². The number of aromatic nitrogens is 3. The van der Waals surface area contributed by atoms with E-state index in [0.717, 1.165) is 5.56 Å². The molecule has 3 heterocycles. The first-order valence-corrected chi connectivity index (χ1v) is 11.1. The van der Waals surface area contributed by atoms with E-state index in [0.29, 0.717) is 34.5 Å². The third-order valence-electron chi connectivity index (χ3n) is 4.85. The Hall–Kier alpha value is -3.77. The third kappa shape index (κ3) is 4.31. The van der Waals surface area contributed by atoms with Crippen LogP contribution in [0.5, 0.6) is 5.75 Å². The number of sulfonamides is 1. The van der Waals surface area contributed by atoms with E-state index in [1.54, 1.807) is 44.4 Å². The van der Waals surface area contributed by atoms with Gasteiger partial charge in [0, 0.05) is 24.5 Å². The topological polar surface area (TPSA) is 152 Å². The number of nitrogens with one attached hydrogen (secondary N) is 2. The lowest BCUT2D eigenvalue weighted by molar-refractivity contribution is -0.121. The highest BCUT2D eigenvalue weighted by molar-refractivity contribution is 7.89. The number of nitrogens with zero attached hydrogens (tertiary/aromatic N) is 4. The number of anilines is 5. The van der Waals surface area contributed by atoms with Gasteiger partial charge < -0.3 is 15.4 Å². The quantitative estimate of drug-likeness (QED) is 0.524. The molecule has 4 N–H and O–H groups in total. The number of ether oxygens (including phenoxy) is 1. The van der Waals surface area contributed by atoms with Crippen molar-refractivity contribution in [3.63, 3.8) is 0 Å². The predicted octanol–water partition coefficient (Wildman–Crippen LogP) is 1.98. The Morgan fingerprint density at radius 1 is 1.09 bits per heavy atom. The lowest BCUT2D eigenvalue weighted by Crippen LogP contribution is -2.36. The van der Waals surface area contributed by atoms with E-state index in [9.17, 15) is 13.2 Å². The van der Waals surface area contributed by atoms with Crippen molar-refractivity contribution >= 4 is 45.0 Å². The van der Waals surface area contributed by atoms with E-state index in [2.05, 4.69) is 25.6 Å². The number of hydrogen-bond acceptors (Lipinski definition) is 9. The van der Waals surface area contributed by atoms with Crippen molar-refractivity contribution in [1.82, 2.24) is 15.0 Å². The second kappa shape index (κ2) is 8.05. The highest BCUT2D eigenvalue weighted by atomic mass is 32.2. The Balaban J connectivity index is 1.60. The van der Waals surface area contributed by atoms with Crippen molar-refractivity contribution in [2.45, 2.75) is 18.7 Å². The molecule has 11 nitrogen and oxygen atoms in total. The number of hydrogen-bond donors (Lipinski definition) is 3. The number of nitrogens with two attached hydrogens (primary N) is 1. The fourth-order valence-electron chi connectivity index (χ4n) is 3.08. The molecule has 1 amide bonds. The predicted molar refractivity (Wildman–Crippen MR) is 119 cm³/mol. The van der Waals surface area contributed by atoms with Crippen LogP contribution in [0.2, 0.25) is 0 Å². The number of aryl methyl sites for hydroxylation is 2. The van der Waals surface area contributed by atoms with Gasteiger partial charge in [-0.05, 0) is 43.7 Å². The number of rotatable bonds is 5.